The molecular weight excluding hydrogens is 228 g/mol. The maximum absolute atomic E-state index is 11.7. The Hall–Kier alpha value is -1.26. The van der Waals surface area contributed by atoms with Crippen LogP contribution in [0.5, 0.6) is 5.75 Å². The molecule has 16 heavy (non-hydrogen) atoms. The fourth-order valence-corrected chi connectivity index (χ4v) is 1.71. The van der Waals surface area contributed by atoms with Crippen molar-refractivity contribution in [3.05, 3.63) is 24.3 Å². The monoisotopic (exact) mass is 242 g/mol. The van der Waals surface area contributed by atoms with E-state index in [9.17, 15) is 9.90 Å². The summed E-state index contributed by atoms with van der Waals surface area (Å²) in [6.45, 7) is 0.888. The number of phenolic OH excluding ortho intramolecular Hbond substituents is 1. The topological polar surface area (TPSA) is 61.4 Å². The van der Waals surface area contributed by atoms with Crippen LogP contribution in [0, 0.1) is 0 Å². The molecule has 1 aromatic carbocycles. The first-order valence-electron chi connectivity index (χ1n) is 5.09. The Bertz CT molecular complexity index is 365. The summed E-state index contributed by atoms with van der Waals surface area (Å²) < 4.78 is 0. The predicted octanol–water partition coefficient (Wildman–Crippen LogP) is 1.50. The summed E-state index contributed by atoms with van der Waals surface area (Å²) in [4.78, 5) is 11.7. The molecule has 1 aliphatic heterocycles. The zero-order valence-electron chi connectivity index (χ0n) is 8.77. The van der Waals surface area contributed by atoms with E-state index in [1.807, 2.05) is 0 Å². The van der Waals surface area contributed by atoms with Gasteiger partial charge in [0, 0.05) is 0 Å². The molecule has 1 saturated heterocycles. The van der Waals surface area contributed by atoms with Crippen molar-refractivity contribution in [2.24, 2.45) is 0 Å². The highest BCUT2D eigenvalue weighted by Gasteiger charge is 2.22. The summed E-state index contributed by atoms with van der Waals surface area (Å²) in [5.74, 6) is 0.0258. The third kappa shape index (κ3) is 2.87. The molecule has 2 rings (SSSR count). The van der Waals surface area contributed by atoms with E-state index in [-0.39, 0.29) is 30.1 Å². The van der Waals surface area contributed by atoms with Crippen molar-refractivity contribution in [3.63, 3.8) is 0 Å². The Morgan fingerprint density at radius 1 is 1.44 bits per heavy atom. The number of halogens is 1. The van der Waals surface area contributed by atoms with Crippen LogP contribution < -0.4 is 10.6 Å². The molecule has 5 heteroatoms. The highest BCUT2D eigenvalue weighted by atomic mass is 35.5. The van der Waals surface area contributed by atoms with Crippen molar-refractivity contribution in [1.82, 2.24) is 5.32 Å². The number of benzene rings is 1. The molecule has 1 aromatic rings. The second-order valence-electron chi connectivity index (χ2n) is 3.66. The van der Waals surface area contributed by atoms with Gasteiger partial charge in [-0.2, -0.15) is 0 Å². The molecule has 0 aromatic heterocycles. The van der Waals surface area contributed by atoms with E-state index in [2.05, 4.69) is 10.6 Å². The molecule has 1 fully saturated rings. The van der Waals surface area contributed by atoms with Crippen molar-refractivity contribution in [2.45, 2.75) is 18.9 Å². The van der Waals surface area contributed by atoms with Crippen molar-refractivity contribution in [3.8, 4) is 5.75 Å². The number of carbonyl (C=O) groups excluding carboxylic acids is 1. The first-order chi connectivity index (χ1) is 7.27. The maximum atomic E-state index is 11.7. The normalized spacial score (nSPS) is 18.9. The Kier molecular flexibility index (Phi) is 4.58. The maximum Gasteiger partial charge on any atom is 0.241 e. The molecule has 0 unspecified atom stereocenters. The predicted molar refractivity (Wildman–Crippen MR) is 65.0 cm³/mol. The average Bonchev–Trinajstić information content (AvgIpc) is 2.74. The van der Waals surface area contributed by atoms with Gasteiger partial charge in [0.05, 0.1) is 11.7 Å². The molecule has 0 radical (unpaired) electrons. The fourth-order valence-electron chi connectivity index (χ4n) is 1.71. The largest absolute Gasteiger partial charge is 0.506 e. The summed E-state index contributed by atoms with van der Waals surface area (Å²) in [5, 5.41) is 15.3. The molecule has 1 amide bonds. The Labute approximate surface area is 100 Å². The number of carbonyl (C=O) groups is 1. The lowest BCUT2D eigenvalue weighted by atomic mass is 10.2. The Morgan fingerprint density at radius 3 is 2.81 bits per heavy atom. The second kappa shape index (κ2) is 5.72. The van der Waals surface area contributed by atoms with Crippen LogP contribution >= 0.6 is 12.4 Å². The van der Waals surface area contributed by atoms with Crippen molar-refractivity contribution in [2.75, 3.05) is 11.9 Å². The summed E-state index contributed by atoms with van der Waals surface area (Å²) in [6.07, 6.45) is 1.89. The molecule has 1 atom stereocenters. The van der Waals surface area contributed by atoms with E-state index < -0.39 is 0 Å². The van der Waals surface area contributed by atoms with Crippen LogP contribution in [0.3, 0.4) is 0 Å². The quantitative estimate of drug-likeness (QED) is 0.689. The number of anilines is 1. The smallest absolute Gasteiger partial charge is 0.241 e. The minimum atomic E-state index is -0.121. The van der Waals surface area contributed by atoms with E-state index in [4.69, 9.17) is 0 Å². The van der Waals surface area contributed by atoms with Gasteiger partial charge >= 0.3 is 0 Å². The van der Waals surface area contributed by atoms with E-state index in [1.54, 1.807) is 24.3 Å². The van der Waals surface area contributed by atoms with Crippen molar-refractivity contribution in [1.29, 1.82) is 0 Å². The van der Waals surface area contributed by atoms with Crippen LogP contribution in [0.1, 0.15) is 12.8 Å². The van der Waals surface area contributed by atoms with Crippen molar-refractivity contribution < 1.29 is 9.90 Å². The van der Waals surface area contributed by atoms with Crippen LogP contribution in [0.2, 0.25) is 0 Å². The molecule has 0 saturated carbocycles. The van der Waals surface area contributed by atoms with E-state index in [1.165, 1.54) is 0 Å². The van der Waals surface area contributed by atoms with Gasteiger partial charge in [0.1, 0.15) is 5.75 Å². The van der Waals surface area contributed by atoms with Gasteiger partial charge in [-0.1, -0.05) is 12.1 Å². The van der Waals surface area contributed by atoms with Crippen molar-refractivity contribution >= 4 is 24.0 Å². The van der Waals surface area contributed by atoms with Gasteiger partial charge in [0.2, 0.25) is 5.91 Å². The minimum Gasteiger partial charge on any atom is -0.506 e. The lowest BCUT2D eigenvalue weighted by Crippen LogP contribution is -2.35. The van der Waals surface area contributed by atoms with Gasteiger partial charge in [0.15, 0.2) is 0 Å². The number of aromatic hydroxyl groups is 1. The van der Waals surface area contributed by atoms with Crippen LogP contribution in [-0.4, -0.2) is 23.6 Å². The molecule has 0 bridgehead atoms. The van der Waals surface area contributed by atoms with E-state index >= 15 is 0 Å². The molecule has 0 aliphatic carbocycles. The Morgan fingerprint density at radius 2 is 2.19 bits per heavy atom. The van der Waals surface area contributed by atoms with E-state index in [0.717, 1.165) is 19.4 Å². The second-order valence-corrected chi connectivity index (χ2v) is 3.66. The summed E-state index contributed by atoms with van der Waals surface area (Å²) in [5.41, 5.74) is 0.469. The minimum absolute atomic E-state index is 0. The van der Waals surface area contributed by atoms with E-state index in [0.29, 0.717) is 5.69 Å². The van der Waals surface area contributed by atoms with Crippen LogP contribution in [-0.2, 0) is 4.79 Å². The molecule has 88 valence electrons. The third-order valence-electron chi connectivity index (χ3n) is 2.54. The van der Waals surface area contributed by atoms with Crippen LogP contribution in [0.4, 0.5) is 5.69 Å². The van der Waals surface area contributed by atoms with Crippen LogP contribution in [0.15, 0.2) is 24.3 Å². The number of hydrogen-bond acceptors (Lipinski definition) is 3. The van der Waals surface area contributed by atoms with Gasteiger partial charge in [0.25, 0.3) is 0 Å². The average molecular weight is 243 g/mol. The SMILES string of the molecule is Cl.O=C(Nc1ccccc1O)[C@@H]1CCCN1. The molecule has 1 aliphatic rings. The van der Waals surface area contributed by atoms with Gasteiger partial charge < -0.3 is 15.7 Å². The number of nitrogens with one attached hydrogen (secondary N) is 2. The molecule has 3 N–H and O–H groups in total. The zero-order valence-corrected chi connectivity index (χ0v) is 9.59. The van der Waals surface area contributed by atoms with Gasteiger partial charge in [-0.05, 0) is 31.5 Å². The molecular formula is C11H15ClN2O2. The Balaban J connectivity index is 0.00000128. The number of rotatable bonds is 2. The highest BCUT2D eigenvalue weighted by Crippen LogP contribution is 2.22. The number of amides is 1. The number of hydrogen-bond donors (Lipinski definition) is 3. The molecule has 4 nitrogen and oxygen atoms in total. The summed E-state index contributed by atoms with van der Waals surface area (Å²) in [7, 11) is 0. The summed E-state index contributed by atoms with van der Waals surface area (Å²) in [6, 6.07) is 6.61. The van der Waals surface area contributed by atoms with Gasteiger partial charge in [-0.15, -0.1) is 12.4 Å². The van der Waals surface area contributed by atoms with Crippen LogP contribution in [0.25, 0.3) is 0 Å². The lowest BCUT2D eigenvalue weighted by Gasteiger charge is -2.11. The first-order valence-corrected chi connectivity index (χ1v) is 5.09. The number of phenols is 1. The summed E-state index contributed by atoms with van der Waals surface area (Å²) >= 11 is 0. The zero-order chi connectivity index (χ0) is 10.7. The highest BCUT2D eigenvalue weighted by molar-refractivity contribution is 5.96. The molecule has 1 heterocycles. The lowest BCUT2D eigenvalue weighted by molar-refractivity contribution is -0.117. The standard InChI is InChI=1S/C11H14N2O2.ClH/c14-10-6-2-1-4-8(10)13-11(15)9-5-3-7-12-9;/h1-2,4,6,9,12,14H,3,5,7H2,(H,13,15);1H/t9-;/m0./s1. The molecule has 0 spiro atoms. The first kappa shape index (κ1) is 12.8. The van der Waals surface area contributed by atoms with Gasteiger partial charge in [-0.3, -0.25) is 4.79 Å². The fraction of sp³-hybridized carbons (Fsp3) is 0.364. The van der Waals surface area contributed by atoms with Gasteiger partial charge in [-0.25, -0.2) is 0 Å². The third-order valence-corrected chi connectivity index (χ3v) is 2.54. The number of para-hydroxylation sites is 2.